The Kier molecular flexibility index (Phi) is 6.44. The van der Waals surface area contributed by atoms with E-state index in [0.717, 1.165) is 40.0 Å². The van der Waals surface area contributed by atoms with Gasteiger partial charge in [-0.2, -0.15) is 0 Å². The van der Waals surface area contributed by atoms with Gasteiger partial charge in [0.1, 0.15) is 0 Å². The molecule has 9 heteroatoms. The predicted octanol–water partition coefficient (Wildman–Crippen LogP) is 1.60. The molecule has 34 heavy (non-hydrogen) atoms. The molecule has 0 radical (unpaired) electrons. The number of halogens is 2. The van der Waals surface area contributed by atoms with Crippen molar-refractivity contribution < 1.29 is 35.1 Å². The third-order valence-corrected chi connectivity index (χ3v) is 9.73. The van der Waals surface area contributed by atoms with Crippen molar-refractivity contribution in [2.24, 2.45) is 0 Å². The van der Waals surface area contributed by atoms with Gasteiger partial charge in [0.25, 0.3) is 0 Å². The number of alkyl halides is 2. The number of rotatable bonds is 3. The minimum absolute atomic E-state index is 0.104. The van der Waals surface area contributed by atoms with Crippen molar-refractivity contribution in [3.05, 3.63) is 65.4 Å². The van der Waals surface area contributed by atoms with Gasteiger partial charge in [-0.25, -0.2) is 0 Å². The Morgan fingerprint density at radius 1 is 1.26 bits per heavy atom. The van der Waals surface area contributed by atoms with Crippen LogP contribution in [0.4, 0.5) is 21.5 Å². The van der Waals surface area contributed by atoms with E-state index in [2.05, 4.69) is 38.9 Å². The molecular formula is C25H26FIN5O2-. The fraction of sp³-hybridized carbons (Fsp3) is 0.280. The third-order valence-electron chi connectivity index (χ3n) is 5.96. The van der Waals surface area contributed by atoms with E-state index in [1.165, 1.54) is 18.7 Å². The van der Waals surface area contributed by atoms with Crippen molar-refractivity contribution >= 4 is 23.0 Å². The Morgan fingerprint density at radius 3 is 3.00 bits per heavy atom. The number of amides is 1. The number of para-hydroxylation sites is 1. The molecule has 0 fully saturated rings. The van der Waals surface area contributed by atoms with Crippen molar-refractivity contribution in [3.63, 3.8) is 0 Å². The second kappa shape index (κ2) is 9.65. The average molecular weight is 574 g/mol. The zero-order valence-electron chi connectivity index (χ0n) is 19.0. The number of methoxy groups -OCH3 is 1. The molecule has 178 valence electrons. The molecule has 5 rings (SSSR count). The minimum atomic E-state index is -0.470. The van der Waals surface area contributed by atoms with Gasteiger partial charge in [0.15, 0.2) is 0 Å². The van der Waals surface area contributed by atoms with Crippen LogP contribution in [0.25, 0.3) is 11.3 Å². The number of allylic oxidation sites excluding steroid dienone is 1. The molecule has 3 aromatic rings. The number of benzene rings is 1. The van der Waals surface area contributed by atoms with Crippen molar-refractivity contribution in [1.82, 2.24) is 15.3 Å². The summed E-state index contributed by atoms with van der Waals surface area (Å²) in [5.74, 6) is -0.507. The van der Waals surface area contributed by atoms with Crippen LogP contribution in [0.15, 0.2) is 48.3 Å². The van der Waals surface area contributed by atoms with Crippen LogP contribution in [0, 0.1) is 5.82 Å². The Bertz CT molecular complexity index is 1270. The number of pyridine rings is 1. The molecule has 1 unspecified atom stereocenters. The number of nitrogens with zero attached hydrogens (tertiary/aromatic N) is 1. The zero-order valence-corrected chi connectivity index (χ0v) is 21.1. The molecule has 2 aromatic heterocycles. The number of carbonyl (C=O) groups is 1. The van der Waals surface area contributed by atoms with Crippen molar-refractivity contribution in [2.75, 3.05) is 35.3 Å². The van der Waals surface area contributed by atoms with Crippen LogP contribution in [0.1, 0.15) is 33.3 Å². The van der Waals surface area contributed by atoms with Gasteiger partial charge in [0.05, 0.1) is 0 Å². The first-order valence-corrected chi connectivity index (χ1v) is 13.9. The summed E-state index contributed by atoms with van der Waals surface area (Å²) in [6, 6.07) is 6.64. The summed E-state index contributed by atoms with van der Waals surface area (Å²) in [5.41, 5.74) is 6.52. The Morgan fingerprint density at radius 2 is 2.15 bits per heavy atom. The van der Waals surface area contributed by atoms with E-state index in [9.17, 15) is 9.18 Å². The van der Waals surface area contributed by atoms with Gasteiger partial charge in [-0.3, -0.25) is 0 Å². The van der Waals surface area contributed by atoms with E-state index < -0.39 is 5.82 Å². The summed E-state index contributed by atoms with van der Waals surface area (Å²) >= 11 is -0.250. The van der Waals surface area contributed by atoms with E-state index in [-0.39, 0.29) is 36.8 Å². The Labute approximate surface area is 207 Å². The van der Waals surface area contributed by atoms with E-state index in [0.29, 0.717) is 23.5 Å². The van der Waals surface area contributed by atoms with Crippen LogP contribution in [0.5, 0.6) is 5.75 Å². The summed E-state index contributed by atoms with van der Waals surface area (Å²) < 4.78 is 21.1. The Hall–Kier alpha value is -3.08. The molecular weight excluding hydrogens is 548 g/mol. The zero-order chi connectivity index (χ0) is 23.7. The van der Waals surface area contributed by atoms with Crippen LogP contribution < -0.4 is 41.9 Å². The first-order chi connectivity index (χ1) is 16.6. The molecule has 2 bridgehead atoms. The molecule has 4 heterocycles. The van der Waals surface area contributed by atoms with E-state index in [1.54, 1.807) is 24.5 Å². The summed E-state index contributed by atoms with van der Waals surface area (Å²) in [5, 5.41) is 9.90. The van der Waals surface area contributed by atoms with Gasteiger partial charge in [-0.1, -0.05) is 0 Å². The monoisotopic (exact) mass is 574 g/mol. The topological polar surface area (TPSA) is 91.1 Å². The molecule has 0 saturated carbocycles. The van der Waals surface area contributed by atoms with Crippen LogP contribution in [-0.2, 0) is 0 Å². The number of aromatic nitrogens is 2. The van der Waals surface area contributed by atoms with Crippen molar-refractivity contribution in [2.45, 2.75) is 17.3 Å². The first-order valence-electron chi connectivity index (χ1n) is 11.1. The fourth-order valence-electron chi connectivity index (χ4n) is 4.32. The number of fused-ring (bicyclic) bond motifs is 3. The normalized spacial score (nSPS) is 19.4. The number of H-pyrrole nitrogens is 1. The van der Waals surface area contributed by atoms with Crippen LogP contribution in [0.3, 0.4) is 0 Å². The summed E-state index contributed by atoms with van der Waals surface area (Å²) in [4.78, 5) is 21.1. The van der Waals surface area contributed by atoms with E-state index in [4.69, 9.17) is 4.74 Å². The third kappa shape index (κ3) is 4.24. The molecule has 0 saturated heterocycles. The van der Waals surface area contributed by atoms with Crippen LogP contribution in [0.2, 0.25) is 0 Å². The van der Waals surface area contributed by atoms with E-state index >= 15 is 0 Å². The second-order valence-corrected chi connectivity index (χ2v) is 11.4. The first kappa shape index (κ1) is 22.7. The van der Waals surface area contributed by atoms with Crippen molar-refractivity contribution in [3.8, 4) is 17.0 Å². The number of ether oxygens (including phenoxy) is 1. The van der Waals surface area contributed by atoms with Crippen LogP contribution >= 0.6 is 0 Å². The Balaban J connectivity index is 1.72. The fourth-order valence-corrected chi connectivity index (χ4v) is 7.30. The quantitative estimate of drug-likeness (QED) is 0.217. The molecule has 1 atom stereocenters. The summed E-state index contributed by atoms with van der Waals surface area (Å²) in [6.07, 6.45) is 6.75. The average Bonchev–Trinajstić information content (AvgIpc) is 3.21. The molecule has 1 amide bonds. The number of anilines is 3. The molecule has 4 N–H and O–H groups in total. The number of aromatic amines is 1. The van der Waals surface area contributed by atoms with Gasteiger partial charge >= 0.3 is 208 Å². The van der Waals surface area contributed by atoms with Crippen molar-refractivity contribution in [1.29, 1.82) is 0 Å². The summed E-state index contributed by atoms with van der Waals surface area (Å²) in [7, 11) is 1.43. The molecule has 7 nitrogen and oxygen atoms in total. The van der Waals surface area contributed by atoms with Gasteiger partial charge in [0.2, 0.25) is 0 Å². The molecule has 2 aliphatic rings. The van der Waals surface area contributed by atoms with E-state index in [1.807, 2.05) is 6.07 Å². The summed E-state index contributed by atoms with van der Waals surface area (Å²) in [6.45, 7) is 3.58. The van der Waals surface area contributed by atoms with Gasteiger partial charge < -0.3 is 0 Å². The molecule has 0 spiro atoms. The maximum absolute atomic E-state index is 14.5. The maximum atomic E-state index is 14.5. The van der Waals surface area contributed by atoms with Crippen LogP contribution in [-0.4, -0.2) is 40.5 Å². The molecule has 2 aliphatic heterocycles. The predicted molar refractivity (Wildman–Crippen MR) is 127 cm³/mol. The van der Waals surface area contributed by atoms with Gasteiger partial charge in [-0.05, 0) is 0 Å². The van der Waals surface area contributed by atoms with Gasteiger partial charge in [-0.15, -0.1) is 0 Å². The SMILES string of the molecule is COc1c(F)cccc1Nc1c2[nH]c3c1C(=O)NCC3[I-]C/C(C)=C\CCNc1cnccc1-2. The van der Waals surface area contributed by atoms with Gasteiger partial charge in [0, 0.05) is 0 Å². The number of carbonyl (C=O) groups excluding carboxylic acids is 1. The number of hydrogen-bond donors (Lipinski definition) is 4. The standard InChI is InChI=1S/C25H26FIN5O2/c1-14-5-4-9-29-19-13-28-10-8-15(19)21-23(31-18-7-3-6-16(26)24(18)34-2)20-22(32-21)17(27-11-14)12-30-25(20)33/h3,5-8,10,13,17,29,31-32H,4,9,11-12H2,1-2H3,(H,30,33)/q-1/b14-5-. The molecule has 1 aromatic carbocycles. The number of nitrogens with one attached hydrogen (secondary N) is 4. The molecule has 0 aliphatic carbocycles. The number of hydrogen-bond acceptors (Lipinski definition) is 5. The second-order valence-electron chi connectivity index (χ2n) is 8.26.